The van der Waals surface area contributed by atoms with Gasteiger partial charge in [-0.05, 0) is 39.3 Å². The number of nitrogens with two attached hydrogens (primary N) is 1. The lowest BCUT2D eigenvalue weighted by Gasteiger charge is -2.47. The van der Waals surface area contributed by atoms with Crippen LogP contribution >= 0.6 is 11.6 Å². The number of hydrogen-bond acceptors (Lipinski definition) is 3. The third-order valence-corrected chi connectivity index (χ3v) is 4.22. The first-order valence-corrected chi connectivity index (χ1v) is 7.55. The maximum atomic E-state index is 12.5. The number of hydrogen-bond donors (Lipinski definition) is 1. The Balaban J connectivity index is 2.59. The fourth-order valence-corrected chi connectivity index (χ4v) is 3.31. The van der Waals surface area contributed by atoms with E-state index in [4.69, 9.17) is 22.1 Å². The van der Waals surface area contributed by atoms with Gasteiger partial charge in [0.05, 0.1) is 13.2 Å². The summed E-state index contributed by atoms with van der Waals surface area (Å²) in [7, 11) is 1.60. The summed E-state index contributed by atoms with van der Waals surface area (Å²) in [6.45, 7) is 6.04. The van der Waals surface area contributed by atoms with Crippen molar-refractivity contribution in [3.05, 3.63) is 28.8 Å². The first-order valence-electron chi connectivity index (χ1n) is 7.17. The molecule has 1 aromatic carbocycles. The van der Waals surface area contributed by atoms with Gasteiger partial charge in [0.1, 0.15) is 5.75 Å². The molecule has 1 aliphatic rings. The number of rotatable bonds is 2. The highest BCUT2D eigenvalue weighted by Crippen LogP contribution is 2.42. The first-order chi connectivity index (χ1) is 9.77. The molecule has 4 nitrogen and oxygen atoms in total. The van der Waals surface area contributed by atoms with E-state index in [1.54, 1.807) is 7.11 Å². The molecule has 0 aromatic heterocycles. The van der Waals surface area contributed by atoms with Gasteiger partial charge in [0.15, 0.2) is 0 Å². The van der Waals surface area contributed by atoms with Gasteiger partial charge in [0, 0.05) is 28.6 Å². The molecular weight excluding hydrogens is 288 g/mol. The quantitative estimate of drug-likeness (QED) is 0.913. The number of halogens is 1. The number of amides is 1. The van der Waals surface area contributed by atoms with Crippen LogP contribution in [0.15, 0.2) is 18.2 Å². The summed E-state index contributed by atoms with van der Waals surface area (Å²) in [5.74, 6) is 0.781. The lowest BCUT2D eigenvalue weighted by atomic mass is 9.86. The standard InChI is InChI=1S/C16H23ClN2O2/c1-16(2,3)19-13(20)9-8-11(18)15(19)14-10(17)6-5-7-12(14)21-4/h5-7,11,15H,8-9,18H2,1-4H3. The largest absolute Gasteiger partial charge is 0.496 e. The second kappa shape index (κ2) is 5.85. The molecule has 2 unspecified atom stereocenters. The molecule has 1 amide bonds. The molecule has 116 valence electrons. The Bertz CT molecular complexity index is 540. The number of likely N-dealkylation sites (tertiary alicyclic amines) is 1. The van der Waals surface area contributed by atoms with Crippen molar-refractivity contribution in [2.24, 2.45) is 5.73 Å². The minimum Gasteiger partial charge on any atom is -0.496 e. The predicted molar refractivity (Wildman–Crippen MR) is 84.6 cm³/mol. The summed E-state index contributed by atoms with van der Waals surface area (Å²) < 4.78 is 5.45. The number of ether oxygens (including phenoxy) is 1. The Morgan fingerprint density at radius 1 is 1.38 bits per heavy atom. The second-order valence-corrected chi connectivity index (χ2v) is 6.84. The number of piperidine rings is 1. The highest BCUT2D eigenvalue weighted by atomic mass is 35.5. The zero-order chi connectivity index (χ0) is 15.8. The van der Waals surface area contributed by atoms with E-state index in [1.165, 1.54) is 0 Å². The lowest BCUT2D eigenvalue weighted by Crippen LogP contribution is -2.56. The molecule has 1 fully saturated rings. The number of benzene rings is 1. The normalized spacial score (nSPS) is 23.3. The summed E-state index contributed by atoms with van der Waals surface area (Å²) >= 11 is 6.40. The molecule has 1 aromatic rings. The molecule has 1 aliphatic heterocycles. The predicted octanol–water partition coefficient (Wildman–Crippen LogP) is 3.14. The van der Waals surface area contributed by atoms with Crippen LogP contribution in [-0.4, -0.2) is 29.5 Å². The number of carbonyl (C=O) groups excluding carboxylic acids is 1. The first kappa shape index (κ1) is 16.1. The molecule has 21 heavy (non-hydrogen) atoms. The van der Waals surface area contributed by atoms with E-state index >= 15 is 0 Å². The SMILES string of the molecule is COc1cccc(Cl)c1C1C(N)CCC(=O)N1C(C)(C)C. The highest BCUT2D eigenvalue weighted by molar-refractivity contribution is 6.31. The monoisotopic (exact) mass is 310 g/mol. The Kier molecular flexibility index (Phi) is 4.49. The molecule has 2 N–H and O–H groups in total. The second-order valence-electron chi connectivity index (χ2n) is 6.44. The van der Waals surface area contributed by atoms with Crippen molar-refractivity contribution in [2.75, 3.05) is 7.11 Å². The number of methoxy groups -OCH3 is 1. The van der Waals surface area contributed by atoms with Crippen LogP contribution in [0.3, 0.4) is 0 Å². The molecule has 2 atom stereocenters. The van der Waals surface area contributed by atoms with Gasteiger partial charge in [0.25, 0.3) is 0 Å². The van der Waals surface area contributed by atoms with Crippen LogP contribution in [-0.2, 0) is 4.79 Å². The zero-order valence-electron chi connectivity index (χ0n) is 13.0. The van der Waals surface area contributed by atoms with Gasteiger partial charge in [-0.1, -0.05) is 17.7 Å². The van der Waals surface area contributed by atoms with E-state index in [2.05, 4.69) is 0 Å². The Labute approximate surface area is 131 Å². The van der Waals surface area contributed by atoms with Gasteiger partial charge in [0.2, 0.25) is 5.91 Å². The molecule has 2 rings (SSSR count). The van der Waals surface area contributed by atoms with Crippen molar-refractivity contribution in [1.29, 1.82) is 0 Å². The van der Waals surface area contributed by atoms with E-state index in [9.17, 15) is 4.79 Å². The van der Waals surface area contributed by atoms with Crippen molar-refractivity contribution in [1.82, 2.24) is 4.90 Å². The van der Waals surface area contributed by atoms with E-state index in [-0.39, 0.29) is 23.5 Å². The zero-order valence-corrected chi connectivity index (χ0v) is 13.8. The minimum atomic E-state index is -0.329. The molecule has 0 aliphatic carbocycles. The molecule has 0 saturated carbocycles. The third kappa shape index (κ3) is 3.01. The van der Waals surface area contributed by atoms with Gasteiger partial charge < -0.3 is 15.4 Å². The summed E-state index contributed by atoms with van der Waals surface area (Å²) in [5, 5.41) is 0.582. The molecule has 0 bridgehead atoms. The summed E-state index contributed by atoms with van der Waals surface area (Å²) in [5.41, 5.74) is 6.82. The van der Waals surface area contributed by atoms with Crippen molar-refractivity contribution in [3.8, 4) is 5.75 Å². The Hall–Kier alpha value is -1.26. The smallest absolute Gasteiger partial charge is 0.223 e. The maximum absolute atomic E-state index is 12.5. The average molecular weight is 311 g/mol. The molecule has 1 saturated heterocycles. The Morgan fingerprint density at radius 2 is 2.05 bits per heavy atom. The van der Waals surface area contributed by atoms with Crippen molar-refractivity contribution < 1.29 is 9.53 Å². The molecule has 0 radical (unpaired) electrons. The highest BCUT2D eigenvalue weighted by Gasteiger charge is 2.42. The van der Waals surface area contributed by atoms with Crippen molar-refractivity contribution in [3.63, 3.8) is 0 Å². The molecule has 0 spiro atoms. The third-order valence-electron chi connectivity index (χ3n) is 3.90. The van der Waals surface area contributed by atoms with Gasteiger partial charge in [-0.15, -0.1) is 0 Å². The topological polar surface area (TPSA) is 55.6 Å². The van der Waals surface area contributed by atoms with Gasteiger partial charge >= 0.3 is 0 Å². The number of nitrogens with zero attached hydrogens (tertiary/aromatic N) is 1. The van der Waals surface area contributed by atoms with E-state index in [1.807, 2.05) is 43.9 Å². The van der Waals surface area contributed by atoms with Crippen molar-refractivity contribution in [2.45, 2.75) is 51.2 Å². The van der Waals surface area contributed by atoms with Crippen LogP contribution in [0.5, 0.6) is 5.75 Å². The van der Waals surface area contributed by atoms with Gasteiger partial charge in [-0.25, -0.2) is 0 Å². The van der Waals surface area contributed by atoms with E-state index in [0.717, 1.165) is 5.56 Å². The van der Waals surface area contributed by atoms with Crippen LogP contribution in [0.1, 0.15) is 45.2 Å². The van der Waals surface area contributed by atoms with Crippen LogP contribution in [0.25, 0.3) is 0 Å². The average Bonchev–Trinajstić information content (AvgIpc) is 2.39. The van der Waals surface area contributed by atoms with Crippen molar-refractivity contribution >= 4 is 17.5 Å². The number of carbonyl (C=O) groups is 1. The lowest BCUT2D eigenvalue weighted by molar-refractivity contribution is -0.144. The molecule has 1 heterocycles. The van der Waals surface area contributed by atoms with Gasteiger partial charge in [-0.3, -0.25) is 4.79 Å². The van der Waals surface area contributed by atoms with Gasteiger partial charge in [-0.2, -0.15) is 0 Å². The Morgan fingerprint density at radius 3 is 2.62 bits per heavy atom. The molecule has 5 heteroatoms. The van der Waals surface area contributed by atoms with Crippen LogP contribution < -0.4 is 10.5 Å². The summed E-state index contributed by atoms with van der Waals surface area (Å²) in [6, 6.07) is 5.08. The van der Waals surface area contributed by atoms with Crippen LogP contribution in [0.2, 0.25) is 5.02 Å². The fourth-order valence-electron chi connectivity index (χ4n) is 3.03. The summed E-state index contributed by atoms with van der Waals surface area (Å²) in [6.07, 6.45) is 1.13. The van der Waals surface area contributed by atoms with E-state index < -0.39 is 0 Å². The molecular formula is C16H23ClN2O2. The van der Waals surface area contributed by atoms with Crippen LogP contribution in [0.4, 0.5) is 0 Å². The van der Waals surface area contributed by atoms with E-state index in [0.29, 0.717) is 23.6 Å². The minimum absolute atomic E-state index is 0.108. The summed E-state index contributed by atoms with van der Waals surface area (Å²) in [4.78, 5) is 14.3. The maximum Gasteiger partial charge on any atom is 0.223 e. The van der Waals surface area contributed by atoms with Crippen LogP contribution in [0, 0.1) is 0 Å². The fraction of sp³-hybridized carbons (Fsp3) is 0.562.